The first kappa shape index (κ1) is 18.8. The molecule has 2 aliphatic rings. The van der Waals surface area contributed by atoms with Crippen LogP contribution in [0.1, 0.15) is 37.0 Å². The molecule has 0 saturated carbocycles. The van der Waals surface area contributed by atoms with Crippen molar-refractivity contribution in [2.24, 2.45) is 0 Å². The van der Waals surface area contributed by atoms with E-state index in [0.717, 1.165) is 36.5 Å². The minimum absolute atomic E-state index is 0.00555. The monoisotopic (exact) mass is 375 g/mol. The number of hydrogen-bond acceptors (Lipinski definition) is 4. The summed E-state index contributed by atoms with van der Waals surface area (Å²) in [4.78, 5) is 15.6. The summed E-state index contributed by atoms with van der Waals surface area (Å²) in [7, 11) is 0. The highest BCUT2D eigenvalue weighted by Crippen LogP contribution is 2.36. The second-order valence-electron chi connectivity index (χ2n) is 8.53. The maximum atomic E-state index is 13.2. The van der Waals surface area contributed by atoms with Crippen molar-refractivity contribution in [2.45, 2.75) is 45.7 Å². The summed E-state index contributed by atoms with van der Waals surface area (Å²) in [5.41, 5.74) is 7.95. The fourth-order valence-electron chi connectivity index (χ4n) is 4.09. The van der Waals surface area contributed by atoms with Gasteiger partial charge in [-0.2, -0.15) is 0 Å². The third kappa shape index (κ3) is 3.69. The Morgan fingerprint density at radius 1 is 1.04 bits per heavy atom. The Labute approximate surface area is 167 Å². The number of rotatable bonds is 5. The first-order valence-corrected chi connectivity index (χ1v) is 10.1. The van der Waals surface area contributed by atoms with Crippen LogP contribution in [-0.4, -0.2) is 34.3 Å². The summed E-state index contributed by atoms with van der Waals surface area (Å²) < 4.78 is 0. The lowest BCUT2D eigenvalue weighted by atomic mass is 9.95. The van der Waals surface area contributed by atoms with E-state index in [0.29, 0.717) is 13.0 Å². The Bertz CT molecular complexity index is 884. The van der Waals surface area contributed by atoms with Gasteiger partial charge in [-0.3, -0.25) is 9.80 Å². The van der Waals surface area contributed by atoms with Gasteiger partial charge in [0.2, 0.25) is 0 Å². The molecule has 2 aromatic carbocycles. The van der Waals surface area contributed by atoms with E-state index in [2.05, 4.69) is 84.6 Å². The smallest absolute Gasteiger partial charge is 0.168 e. The van der Waals surface area contributed by atoms with Crippen molar-refractivity contribution in [3.8, 4) is 0 Å². The van der Waals surface area contributed by atoms with E-state index in [4.69, 9.17) is 0 Å². The molecule has 0 bridgehead atoms. The van der Waals surface area contributed by atoms with E-state index in [1.165, 1.54) is 11.1 Å². The molecule has 4 heteroatoms. The topological polar surface area (TPSA) is 35.6 Å². The average Bonchev–Trinajstić information content (AvgIpc) is 3.14. The van der Waals surface area contributed by atoms with Gasteiger partial charge in [0.15, 0.2) is 5.78 Å². The van der Waals surface area contributed by atoms with Crippen LogP contribution in [0.4, 0.5) is 0 Å². The molecule has 1 N–H and O–H groups in total. The van der Waals surface area contributed by atoms with E-state index < -0.39 is 0 Å². The van der Waals surface area contributed by atoms with Crippen LogP contribution in [0.25, 0.3) is 0 Å². The molecule has 4 nitrogen and oxygen atoms in total. The molecule has 4 rings (SSSR count). The van der Waals surface area contributed by atoms with Crippen molar-refractivity contribution in [3.05, 3.63) is 82.7 Å². The molecule has 0 spiro atoms. The van der Waals surface area contributed by atoms with Gasteiger partial charge in [0.1, 0.15) is 5.82 Å². The molecule has 0 aliphatic carbocycles. The van der Waals surface area contributed by atoms with E-state index >= 15 is 0 Å². The van der Waals surface area contributed by atoms with Crippen LogP contribution in [-0.2, 0) is 17.8 Å². The predicted octanol–water partition coefficient (Wildman–Crippen LogP) is 3.82. The van der Waals surface area contributed by atoms with E-state index in [1.807, 2.05) is 6.07 Å². The Kier molecular flexibility index (Phi) is 4.98. The lowest BCUT2D eigenvalue weighted by Crippen LogP contribution is -2.56. The van der Waals surface area contributed by atoms with Crippen LogP contribution in [0.2, 0.25) is 0 Å². The van der Waals surface area contributed by atoms with Crippen LogP contribution in [0, 0.1) is 6.92 Å². The van der Waals surface area contributed by atoms with Crippen LogP contribution < -0.4 is 5.43 Å². The maximum absolute atomic E-state index is 13.2. The minimum atomic E-state index is -0.00555. The van der Waals surface area contributed by atoms with Crippen molar-refractivity contribution in [2.75, 3.05) is 13.1 Å². The number of carbonyl (C=O) groups excluding carboxylic acids is 1. The number of fused-ring (bicyclic) bond motifs is 1. The van der Waals surface area contributed by atoms with Gasteiger partial charge in [-0.1, -0.05) is 60.2 Å². The van der Waals surface area contributed by atoms with Gasteiger partial charge >= 0.3 is 0 Å². The Morgan fingerprint density at radius 3 is 2.46 bits per heavy atom. The molecule has 1 saturated heterocycles. The molecular weight excluding hydrogens is 346 g/mol. The number of hydrazine groups is 1. The second-order valence-corrected chi connectivity index (χ2v) is 8.53. The first-order valence-electron chi connectivity index (χ1n) is 10.1. The van der Waals surface area contributed by atoms with Gasteiger partial charge < -0.3 is 4.90 Å². The standard InChI is InChI=1S/C24H29N3O/c1-18-9-11-19(12-10-18)15-22(28)21-16-25-27-23(21)26(14-13-24(27,2)3)17-20-7-5-4-6-8-20/h4-12,25H,13-17H2,1-3H3. The van der Waals surface area contributed by atoms with Gasteiger partial charge in [-0.15, -0.1) is 0 Å². The van der Waals surface area contributed by atoms with Gasteiger partial charge in [-0.25, -0.2) is 5.43 Å². The molecule has 0 amide bonds. The Morgan fingerprint density at radius 2 is 1.75 bits per heavy atom. The van der Waals surface area contributed by atoms with Gasteiger partial charge in [0.25, 0.3) is 0 Å². The van der Waals surface area contributed by atoms with Gasteiger partial charge in [0, 0.05) is 26.1 Å². The van der Waals surface area contributed by atoms with E-state index in [-0.39, 0.29) is 11.3 Å². The lowest BCUT2D eigenvalue weighted by molar-refractivity contribution is -0.115. The van der Waals surface area contributed by atoms with Crippen molar-refractivity contribution in [1.82, 2.24) is 15.3 Å². The number of benzene rings is 2. The van der Waals surface area contributed by atoms with Crippen molar-refractivity contribution >= 4 is 5.78 Å². The molecule has 0 unspecified atom stereocenters. The molecule has 146 valence electrons. The minimum Gasteiger partial charge on any atom is -0.352 e. The third-order valence-electron chi connectivity index (χ3n) is 5.83. The summed E-state index contributed by atoms with van der Waals surface area (Å²) >= 11 is 0. The first-order chi connectivity index (χ1) is 13.4. The highest BCUT2D eigenvalue weighted by molar-refractivity contribution is 5.98. The molecule has 0 aromatic heterocycles. The summed E-state index contributed by atoms with van der Waals surface area (Å²) in [6.07, 6.45) is 1.50. The molecular formula is C24H29N3O. The highest BCUT2D eigenvalue weighted by Gasteiger charge is 2.42. The van der Waals surface area contributed by atoms with Gasteiger partial charge in [0.05, 0.1) is 11.1 Å². The van der Waals surface area contributed by atoms with Crippen molar-refractivity contribution in [1.29, 1.82) is 0 Å². The molecule has 1 fully saturated rings. The number of nitrogens with one attached hydrogen (secondary N) is 1. The van der Waals surface area contributed by atoms with Crippen LogP contribution in [0.15, 0.2) is 66.0 Å². The van der Waals surface area contributed by atoms with Crippen LogP contribution in [0.5, 0.6) is 0 Å². The van der Waals surface area contributed by atoms with Crippen LogP contribution >= 0.6 is 0 Å². The second kappa shape index (κ2) is 7.44. The number of ketones is 1. The SMILES string of the molecule is Cc1ccc(CC(=O)C2=C3N(Cc4ccccc4)CCC(C)(C)N3NC2)cc1. The highest BCUT2D eigenvalue weighted by atomic mass is 16.1. The largest absolute Gasteiger partial charge is 0.352 e. The zero-order valence-corrected chi connectivity index (χ0v) is 17.0. The maximum Gasteiger partial charge on any atom is 0.168 e. The fourth-order valence-corrected chi connectivity index (χ4v) is 4.09. The molecule has 2 heterocycles. The molecule has 2 aromatic rings. The zero-order valence-electron chi connectivity index (χ0n) is 17.0. The van der Waals surface area contributed by atoms with E-state index in [1.54, 1.807) is 0 Å². The van der Waals surface area contributed by atoms with Crippen molar-refractivity contribution < 1.29 is 4.79 Å². The number of carbonyl (C=O) groups is 1. The van der Waals surface area contributed by atoms with Crippen molar-refractivity contribution in [3.63, 3.8) is 0 Å². The fraction of sp³-hybridized carbons (Fsp3) is 0.375. The quantitative estimate of drug-likeness (QED) is 0.862. The lowest BCUT2D eigenvalue weighted by Gasteiger charge is -2.48. The normalized spacial score (nSPS) is 18.4. The predicted molar refractivity (Wildman–Crippen MR) is 112 cm³/mol. The van der Waals surface area contributed by atoms with Crippen LogP contribution in [0.3, 0.4) is 0 Å². The average molecular weight is 376 g/mol. The summed E-state index contributed by atoms with van der Waals surface area (Å²) in [5.74, 6) is 1.28. The molecule has 0 radical (unpaired) electrons. The number of Topliss-reactive ketones (excluding diaryl/α,β-unsaturated/α-hetero) is 1. The molecule has 28 heavy (non-hydrogen) atoms. The summed E-state index contributed by atoms with van der Waals surface area (Å²) in [5, 5.41) is 2.22. The molecule has 2 aliphatic heterocycles. The summed E-state index contributed by atoms with van der Waals surface area (Å²) in [6.45, 7) is 8.94. The Hall–Kier alpha value is -2.59. The number of hydrogen-bond donors (Lipinski definition) is 1. The zero-order chi connectivity index (χ0) is 19.7. The van der Waals surface area contributed by atoms with E-state index in [9.17, 15) is 4.79 Å². The molecule has 0 atom stereocenters. The summed E-state index contributed by atoms with van der Waals surface area (Å²) in [6, 6.07) is 18.8. The third-order valence-corrected chi connectivity index (χ3v) is 5.83. The Balaban J connectivity index is 1.63. The number of aryl methyl sites for hydroxylation is 1. The van der Waals surface area contributed by atoms with Gasteiger partial charge in [-0.05, 0) is 38.3 Å². The number of nitrogens with zero attached hydrogens (tertiary/aromatic N) is 2.